The molecule has 30 heavy (non-hydrogen) atoms. The predicted molar refractivity (Wildman–Crippen MR) is 114 cm³/mol. The molecular formula is C22H25N5O3. The fourth-order valence-corrected chi connectivity index (χ4v) is 3.93. The third-order valence-electron chi connectivity index (χ3n) is 5.66. The van der Waals surface area contributed by atoms with E-state index in [0.29, 0.717) is 5.82 Å². The first kappa shape index (κ1) is 20.0. The first-order chi connectivity index (χ1) is 14.4. The molecule has 2 aromatic heterocycles. The highest BCUT2D eigenvalue weighted by Crippen LogP contribution is 2.18. The van der Waals surface area contributed by atoms with Crippen molar-refractivity contribution in [1.29, 1.82) is 0 Å². The van der Waals surface area contributed by atoms with Crippen molar-refractivity contribution in [3.8, 4) is 11.4 Å². The number of nitrogens with zero attached hydrogens (tertiary/aromatic N) is 4. The lowest BCUT2D eigenvalue weighted by atomic mass is 9.95. The number of aromatic nitrogens is 4. The van der Waals surface area contributed by atoms with Gasteiger partial charge in [0.15, 0.2) is 11.5 Å². The van der Waals surface area contributed by atoms with Crippen LogP contribution in [-0.4, -0.2) is 31.1 Å². The average molecular weight is 407 g/mol. The van der Waals surface area contributed by atoms with Crippen LogP contribution in [-0.2, 0) is 18.4 Å². The van der Waals surface area contributed by atoms with Crippen LogP contribution in [0.15, 0.2) is 40.1 Å². The molecule has 0 aliphatic heterocycles. The van der Waals surface area contributed by atoms with Crippen LogP contribution in [0.5, 0.6) is 0 Å². The highest BCUT2D eigenvalue weighted by atomic mass is 16.2. The Morgan fingerprint density at radius 1 is 1.13 bits per heavy atom. The Bertz CT molecular complexity index is 1200. The van der Waals surface area contributed by atoms with Crippen LogP contribution in [0.4, 0.5) is 0 Å². The van der Waals surface area contributed by atoms with Crippen molar-refractivity contribution in [2.75, 3.05) is 0 Å². The Labute approximate surface area is 173 Å². The molecule has 8 nitrogen and oxygen atoms in total. The number of amides is 1. The Morgan fingerprint density at radius 3 is 2.53 bits per heavy atom. The Kier molecular flexibility index (Phi) is 5.48. The number of aryl methyl sites for hydroxylation is 2. The maximum atomic E-state index is 12.9. The summed E-state index contributed by atoms with van der Waals surface area (Å²) in [6, 6.07) is 7.80. The summed E-state index contributed by atoms with van der Waals surface area (Å²) in [5, 5.41) is 3.15. The van der Waals surface area contributed by atoms with E-state index in [4.69, 9.17) is 0 Å². The zero-order valence-corrected chi connectivity index (χ0v) is 17.2. The normalized spacial score (nSPS) is 14.7. The summed E-state index contributed by atoms with van der Waals surface area (Å²) in [6.07, 6.45) is 6.65. The van der Waals surface area contributed by atoms with E-state index in [2.05, 4.69) is 15.3 Å². The quantitative estimate of drug-likeness (QED) is 0.712. The highest BCUT2D eigenvalue weighted by molar-refractivity contribution is 5.78. The molecular weight excluding hydrogens is 382 g/mol. The van der Waals surface area contributed by atoms with E-state index in [1.807, 2.05) is 31.2 Å². The molecule has 156 valence electrons. The Balaban J connectivity index is 1.67. The van der Waals surface area contributed by atoms with Crippen LogP contribution in [0.1, 0.15) is 37.7 Å². The molecule has 0 atom stereocenters. The van der Waals surface area contributed by atoms with E-state index in [1.54, 1.807) is 7.05 Å². The molecule has 0 radical (unpaired) electrons. The number of nitrogens with one attached hydrogen (secondary N) is 1. The molecule has 8 heteroatoms. The fourth-order valence-electron chi connectivity index (χ4n) is 3.93. The number of benzene rings is 1. The summed E-state index contributed by atoms with van der Waals surface area (Å²) in [5.74, 6) is 0.113. The monoisotopic (exact) mass is 407 g/mol. The molecule has 4 rings (SSSR count). The van der Waals surface area contributed by atoms with Crippen molar-refractivity contribution in [2.45, 2.75) is 51.6 Å². The van der Waals surface area contributed by atoms with E-state index in [9.17, 15) is 14.4 Å². The lowest BCUT2D eigenvalue weighted by Gasteiger charge is -2.22. The summed E-state index contributed by atoms with van der Waals surface area (Å²) in [7, 11) is 1.55. The van der Waals surface area contributed by atoms with Crippen LogP contribution in [0.3, 0.4) is 0 Å². The second kappa shape index (κ2) is 8.22. The molecule has 1 N–H and O–H groups in total. The van der Waals surface area contributed by atoms with Crippen molar-refractivity contribution in [1.82, 2.24) is 24.4 Å². The molecule has 1 aliphatic carbocycles. The van der Waals surface area contributed by atoms with Gasteiger partial charge in [0.2, 0.25) is 5.91 Å². The molecule has 1 aromatic carbocycles. The van der Waals surface area contributed by atoms with Gasteiger partial charge in [-0.2, -0.15) is 0 Å². The minimum Gasteiger partial charge on any atom is -0.352 e. The van der Waals surface area contributed by atoms with Gasteiger partial charge in [-0.1, -0.05) is 49.1 Å². The van der Waals surface area contributed by atoms with Gasteiger partial charge in [0.1, 0.15) is 11.9 Å². The SMILES string of the molecule is Cc1ccc(-c2ncc3c(=O)n(CC(=O)NC4CCCCC4)c(=O)n(C)c3n2)cc1. The number of hydrogen-bond acceptors (Lipinski definition) is 5. The summed E-state index contributed by atoms with van der Waals surface area (Å²) in [6.45, 7) is 1.68. The van der Waals surface area contributed by atoms with E-state index in [-0.39, 0.29) is 29.5 Å². The van der Waals surface area contributed by atoms with Crippen molar-refractivity contribution < 1.29 is 4.79 Å². The summed E-state index contributed by atoms with van der Waals surface area (Å²) in [4.78, 5) is 46.9. The van der Waals surface area contributed by atoms with Gasteiger partial charge >= 0.3 is 5.69 Å². The van der Waals surface area contributed by atoms with Crippen LogP contribution < -0.4 is 16.6 Å². The summed E-state index contributed by atoms with van der Waals surface area (Å²) >= 11 is 0. The molecule has 0 bridgehead atoms. The number of fused-ring (bicyclic) bond motifs is 1. The zero-order chi connectivity index (χ0) is 21.3. The van der Waals surface area contributed by atoms with Gasteiger partial charge in [0.25, 0.3) is 5.56 Å². The maximum absolute atomic E-state index is 12.9. The van der Waals surface area contributed by atoms with Gasteiger partial charge in [-0.25, -0.2) is 14.8 Å². The standard InChI is InChI=1S/C22H25N5O3/c1-14-8-10-15(11-9-14)19-23-12-17-20(25-19)26(2)22(30)27(21(17)29)13-18(28)24-16-6-4-3-5-7-16/h8-12,16H,3-7,13H2,1-2H3,(H,24,28). The molecule has 1 amide bonds. The lowest BCUT2D eigenvalue weighted by Crippen LogP contribution is -2.45. The molecule has 1 fully saturated rings. The molecule has 1 saturated carbocycles. The smallest absolute Gasteiger partial charge is 0.332 e. The molecule has 3 aromatic rings. The third kappa shape index (κ3) is 3.90. The van der Waals surface area contributed by atoms with Crippen LogP contribution in [0.25, 0.3) is 22.4 Å². The minimum absolute atomic E-state index is 0.117. The van der Waals surface area contributed by atoms with Gasteiger partial charge in [-0.05, 0) is 19.8 Å². The topological polar surface area (TPSA) is 98.9 Å². The van der Waals surface area contributed by atoms with Crippen LogP contribution >= 0.6 is 0 Å². The van der Waals surface area contributed by atoms with E-state index in [1.165, 1.54) is 17.2 Å². The molecule has 2 heterocycles. The van der Waals surface area contributed by atoms with E-state index >= 15 is 0 Å². The number of carbonyl (C=O) groups is 1. The summed E-state index contributed by atoms with van der Waals surface area (Å²) < 4.78 is 2.25. The van der Waals surface area contributed by atoms with E-state index < -0.39 is 11.2 Å². The van der Waals surface area contributed by atoms with Crippen molar-refractivity contribution >= 4 is 16.9 Å². The van der Waals surface area contributed by atoms with Crippen LogP contribution in [0.2, 0.25) is 0 Å². The van der Waals surface area contributed by atoms with Crippen molar-refractivity contribution in [3.05, 3.63) is 56.9 Å². The highest BCUT2D eigenvalue weighted by Gasteiger charge is 2.19. The first-order valence-electron chi connectivity index (χ1n) is 10.3. The van der Waals surface area contributed by atoms with E-state index in [0.717, 1.165) is 41.4 Å². The molecule has 0 spiro atoms. The number of hydrogen-bond donors (Lipinski definition) is 1. The Hall–Kier alpha value is -3.29. The second-order valence-corrected chi connectivity index (χ2v) is 7.93. The molecule has 0 unspecified atom stereocenters. The second-order valence-electron chi connectivity index (χ2n) is 7.93. The van der Waals surface area contributed by atoms with Crippen molar-refractivity contribution in [3.63, 3.8) is 0 Å². The minimum atomic E-state index is -0.570. The number of carbonyl (C=O) groups excluding carboxylic acids is 1. The van der Waals surface area contributed by atoms with Gasteiger partial charge < -0.3 is 5.32 Å². The predicted octanol–water partition coefficient (Wildman–Crippen LogP) is 1.91. The third-order valence-corrected chi connectivity index (χ3v) is 5.66. The maximum Gasteiger partial charge on any atom is 0.332 e. The van der Waals surface area contributed by atoms with Gasteiger partial charge in [-0.3, -0.25) is 18.7 Å². The Morgan fingerprint density at radius 2 is 1.83 bits per heavy atom. The fraction of sp³-hybridized carbons (Fsp3) is 0.409. The van der Waals surface area contributed by atoms with Gasteiger partial charge in [-0.15, -0.1) is 0 Å². The number of rotatable bonds is 4. The molecule has 0 saturated heterocycles. The lowest BCUT2D eigenvalue weighted by molar-refractivity contribution is -0.122. The van der Waals surface area contributed by atoms with Gasteiger partial charge in [0.05, 0.1) is 0 Å². The average Bonchev–Trinajstić information content (AvgIpc) is 2.76. The van der Waals surface area contributed by atoms with Gasteiger partial charge in [0, 0.05) is 24.8 Å². The molecule has 1 aliphatic rings. The summed E-state index contributed by atoms with van der Waals surface area (Å²) in [5.41, 5.74) is 1.04. The van der Waals surface area contributed by atoms with Crippen LogP contribution in [0, 0.1) is 6.92 Å². The first-order valence-corrected chi connectivity index (χ1v) is 10.3. The zero-order valence-electron chi connectivity index (χ0n) is 17.2. The largest absolute Gasteiger partial charge is 0.352 e. The van der Waals surface area contributed by atoms with Crippen molar-refractivity contribution in [2.24, 2.45) is 7.05 Å².